The van der Waals surface area contributed by atoms with Crippen molar-refractivity contribution in [3.63, 3.8) is 0 Å². The topological polar surface area (TPSA) is 44.5 Å². The normalized spacial score (nSPS) is 19.8. The molecule has 4 heteroatoms. The molecule has 1 unspecified atom stereocenters. The van der Waals surface area contributed by atoms with Crippen LogP contribution in [-0.4, -0.2) is 19.8 Å². The van der Waals surface area contributed by atoms with Gasteiger partial charge in [0, 0.05) is 23.5 Å². The molecule has 0 spiro atoms. The van der Waals surface area contributed by atoms with Gasteiger partial charge in [0.1, 0.15) is 0 Å². The predicted octanol–water partition coefficient (Wildman–Crippen LogP) is 2.46. The van der Waals surface area contributed by atoms with Gasteiger partial charge in [-0.05, 0) is 23.6 Å². The fourth-order valence-corrected chi connectivity index (χ4v) is 2.43. The molecule has 3 nitrogen and oxygen atoms in total. The lowest BCUT2D eigenvalue weighted by molar-refractivity contribution is 0.0788. The van der Waals surface area contributed by atoms with E-state index in [4.69, 9.17) is 15.2 Å². The molecule has 2 rings (SSSR count). The first-order valence-corrected chi connectivity index (χ1v) is 6.71. The SMILES string of the molecule is NCc1ccc(COCC2CCOC2)c(Br)c1. The molecule has 17 heavy (non-hydrogen) atoms. The summed E-state index contributed by atoms with van der Waals surface area (Å²) in [4.78, 5) is 0. The zero-order chi connectivity index (χ0) is 12.1. The molecule has 1 aromatic rings. The van der Waals surface area contributed by atoms with Crippen molar-refractivity contribution in [1.82, 2.24) is 0 Å². The lowest BCUT2D eigenvalue weighted by Gasteiger charge is -2.10. The van der Waals surface area contributed by atoms with Crippen molar-refractivity contribution in [3.05, 3.63) is 33.8 Å². The van der Waals surface area contributed by atoms with E-state index >= 15 is 0 Å². The number of hydrogen-bond acceptors (Lipinski definition) is 3. The highest BCUT2D eigenvalue weighted by Gasteiger charge is 2.15. The molecule has 0 radical (unpaired) electrons. The molecule has 1 aliphatic rings. The number of benzene rings is 1. The van der Waals surface area contributed by atoms with Gasteiger partial charge in [-0.3, -0.25) is 0 Å². The second-order valence-electron chi connectivity index (χ2n) is 4.37. The van der Waals surface area contributed by atoms with Gasteiger partial charge in [-0.1, -0.05) is 28.1 Å². The van der Waals surface area contributed by atoms with Crippen LogP contribution in [-0.2, 0) is 22.6 Å². The van der Waals surface area contributed by atoms with E-state index < -0.39 is 0 Å². The van der Waals surface area contributed by atoms with Gasteiger partial charge >= 0.3 is 0 Å². The number of hydrogen-bond donors (Lipinski definition) is 1. The monoisotopic (exact) mass is 299 g/mol. The molecule has 0 saturated carbocycles. The maximum Gasteiger partial charge on any atom is 0.0727 e. The van der Waals surface area contributed by atoms with Gasteiger partial charge in [-0.2, -0.15) is 0 Å². The summed E-state index contributed by atoms with van der Waals surface area (Å²) in [5.74, 6) is 0.567. The third kappa shape index (κ3) is 3.78. The molecule has 1 aliphatic heterocycles. The molecule has 0 amide bonds. The third-order valence-corrected chi connectivity index (χ3v) is 3.73. The van der Waals surface area contributed by atoms with Gasteiger partial charge in [-0.25, -0.2) is 0 Å². The molecule has 0 bridgehead atoms. The quantitative estimate of drug-likeness (QED) is 0.908. The minimum Gasteiger partial charge on any atom is -0.381 e. The minimum atomic E-state index is 0.567. The zero-order valence-corrected chi connectivity index (χ0v) is 11.4. The molecule has 0 aromatic heterocycles. The van der Waals surface area contributed by atoms with Crippen LogP contribution in [0.25, 0.3) is 0 Å². The smallest absolute Gasteiger partial charge is 0.0727 e. The van der Waals surface area contributed by atoms with E-state index in [1.165, 1.54) is 5.56 Å². The van der Waals surface area contributed by atoms with Crippen LogP contribution in [0.5, 0.6) is 0 Å². The average molecular weight is 300 g/mol. The van der Waals surface area contributed by atoms with Crippen LogP contribution in [0.15, 0.2) is 22.7 Å². The van der Waals surface area contributed by atoms with Crippen LogP contribution in [0.2, 0.25) is 0 Å². The second-order valence-corrected chi connectivity index (χ2v) is 5.23. The van der Waals surface area contributed by atoms with Crippen LogP contribution >= 0.6 is 15.9 Å². The fraction of sp³-hybridized carbons (Fsp3) is 0.538. The van der Waals surface area contributed by atoms with Crippen molar-refractivity contribution in [2.24, 2.45) is 11.7 Å². The van der Waals surface area contributed by atoms with Crippen molar-refractivity contribution in [2.75, 3.05) is 19.8 Å². The summed E-state index contributed by atoms with van der Waals surface area (Å²) in [7, 11) is 0. The number of halogens is 1. The van der Waals surface area contributed by atoms with Crippen molar-refractivity contribution in [3.8, 4) is 0 Å². The van der Waals surface area contributed by atoms with Crippen LogP contribution in [0.4, 0.5) is 0 Å². The van der Waals surface area contributed by atoms with E-state index in [0.717, 1.165) is 36.3 Å². The minimum absolute atomic E-state index is 0.567. The van der Waals surface area contributed by atoms with E-state index in [1.807, 2.05) is 6.07 Å². The molecule has 2 N–H and O–H groups in total. The van der Waals surface area contributed by atoms with Gasteiger partial charge in [0.2, 0.25) is 0 Å². The highest BCUT2D eigenvalue weighted by Crippen LogP contribution is 2.20. The average Bonchev–Trinajstić information content (AvgIpc) is 2.84. The molecule has 0 aliphatic carbocycles. The van der Waals surface area contributed by atoms with E-state index in [-0.39, 0.29) is 0 Å². The second kappa shape index (κ2) is 6.50. The van der Waals surface area contributed by atoms with Crippen LogP contribution in [0.1, 0.15) is 17.5 Å². The van der Waals surface area contributed by atoms with Crippen LogP contribution in [0, 0.1) is 5.92 Å². The maximum atomic E-state index is 5.72. The predicted molar refractivity (Wildman–Crippen MR) is 70.6 cm³/mol. The molecular weight excluding hydrogens is 282 g/mol. The first-order valence-electron chi connectivity index (χ1n) is 5.92. The summed E-state index contributed by atoms with van der Waals surface area (Å²) in [5, 5.41) is 0. The lowest BCUT2D eigenvalue weighted by Crippen LogP contribution is -2.09. The molecule has 94 valence electrons. The van der Waals surface area contributed by atoms with E-state index in [9.17, 15) is 0 Å². The first kappa shape index (κ1) is 13.0. The van der Waals surface area contributed by atoms with Crippen molar-refractivity contribution in [1.29, 1.82) is 0 Å². The highest BCUT2D eigenvalue weighted by atomic mass is 79.9. The molecule has 1 saturated heterocycles. The molecule has 1 fully saturated rings. The van der Waals surface area contributed by atoms with Crippen LogP contribution in [0.3, 0.4) is 0 Å². The fourth-order valence-electron chi connectivity index (χ4n) is 1.89. The Morgan fingerprint density at radius 2 is 2.35 bits per heavy atom. The Bertz CT molecular complexity index is 364. The van der Waals surface area contributed by atoms with Gasteiger partial charge in [0.05, 0.1) is 19.8 Å². The highest BCUT2D eigenvalue weighted by molar-refractivity contribution is 9.10. The Morgan fingerprint density at radius 3 is 3.00 bits per heavy atom. The summed E-state index contributed by atoms with van der Waals surface area (Å²) in [6.07, 6.45) is 1.12. The number of rotatable bonds is 5. The summed E-state index contributed by atoms with van der Waals surface area (Å²) >= 11 is 3.54. The van der Waals surface area contributed by atoms with Crippen LogP contribution < -0.4 is 5.73 Å². The molecule has 1 atom stereocenters. The summed E-state index contributed by atoms with van der Waals surface area (Å²) < 4.78 is 12.1. The Labute approximate surface area is 110 Å². The Hall–Kier alpha value is -0.420. The van der Waals surface area contributed by atoms with Gasteiger partial charge in [0.15, 0.2) is 0 Å². The van der Waals surface area contributed by atoms with Gasteiger partial charge < -0.3 is 15.2 Å². The summed E-state index contributed by atoms with van der Waals surface area (Å²) in [6, 6.07) is 6.16. The Morgan fingerprint density at radius 1 is 1.47 bits per heavy atom. The standard InChI is InChI=1S/C13H18BrNO2/c14-13-5-10(6-15)1-2-12(13)9-17-8-11-3-4-16-7-11/h1-2,5,11H,3-4,6-9,15H2. The van der Waals surface area contributed by atoms with Gasteiger partial charge in [-0.15, -0.1) is 0 Å². The van der Waals surface area contributed by atoms with Crippen molar-refractivity contribution < 1.29 is 9.47 Å². The molecule has 1 aromatic carbocycles. The van der Waals surface area contributed by atoms with Crippen molar-refractivity contribution in [2.45, 2.75) is 19.6 Å². The lowest BCUT2D eigenvalue weighted by atomic mass is 10.1. The zero-order valence-electron chi connectivity index (χ0n) is 9.82. The summed E-state index contributed by atoms with van der Waals surface area (Å²) in [6.45, 7) is 3.71. The first-order chi connectivity index (χ1) is 8.29. The number of nitrogens with two attached hydrogens (primary N) is 1. The Kier molecular flexibility index (Phi) is 4.98. The van der Waals surface area contributed by atoms with E-state index in [0.29, 0.717) is 19.1 Å². The Balaban J connectivity index is 1.81. The molecular formula is C13H18BrNO2. The largest absolute Gasteiger partial charge is 0.381 e. The third-order valence-electron chi connectivity index (χ3n) is 2.99. The van der Waals surface area contributed by atoms with Gasteiger partial charge in [0.25, 0.3) is 0 Å². The number of ether oxygens (including phenoxy) is 2. The maximum absolute atomic E-state index is 5.72. The summed E-state index contributed by atoms with van der Waals surface area (Å²) in [5.41, 5.74) is 7.88. The van der Waals surface area contributed by atoms with Crippen molar-refractivity contribution >= 4 is 15.9 Å². The van der Waals surface area contributed by atoms with E-state index in [2.05, 4.69) is 28.1 Å². The van der Waals surface area contributed by atoms with E-state index in [1.54, 1.807) is 0 Å². The molecule has 1 heterocycles.